The molecule has 0 saturated carbocycles. The molecule has 0 radical (unpaired) electrons. The first-order valence-electron chi connectivity index (χ1n) is 11.5. The molecular formula is C28H30N2O5S. The van der Waals surface area contributed by atoms with Gasteiger partial charge in [-0.3, -0.25) is 4.79 Å². The van der Waals surface area contributed by atoms with Crippen LogP contribution in [0.3, 0.4) is 0 Å². The average Bonchev–Trinajstić information content (AvgIpc) is 2.83. The lowest BCUT2D eigenvalue weighted by Gasteiger charge is -2.25. The Bertz CT molecular complexity index is 1550. The summed E-state index contributed by atoms with van der Waals surface area (Å²) in [7, 11) is -0.798. The van der Waals surface area contributed by atoms with E-state index in [4.69, 9.17) is 9.47 Å². The number of nitrogens with zero attached hydrogens (tertiary/aromatic N) is 1. The molecule has 1 N–H and O–H groups in total. The molecule has 1 heterocycles. The first-order chi connectivity index (χ1) is 17.1. The molecule has 1 aromatic heterocycles. The van der Waals surface area contributed by atoms with Crippen molar-refractivity contribution in [3.8, 4) is 11.5 Å². The number of methoxy groups -OCH3 is 2. The standard InChI is InChI=1S/C28H30N2O5S/c1-18-12-19(2)27(20(3)13-18)36(32,33)30(16-21-6-8-24(34-4)9-7-21)17-23-14-22-15-25(35-5)10-11-26(22)29-28(23)31/h6-15H,16-17H2,1-5H3,(H,29,31). The van der Waals surface area contributed by atoms with E-state index in [1.165, 1.54) is 4.31 Å². The highest BCUT2D eigenvalue weighted by Crippen LogP contribution is 2.28. The third-order valence-electron chi connectivity index (χ3n) is 6.20. The molecule has 4 aromatic rings. The van der Waals surface area contributed by atoms with E-state index in [2.05, 4.69) is 4.98 Å². The van der Waals surface area contributed by atoms with Crippen LogP contribution in [0.1, 0.15) is 27.8 Å². The fourth-order valence-corrected chi connectivity index (χ4v) is 6.35. The van der Waals surface area contributed by atoms with E-state index in [0.717, 1.165) is 16.5 Å². The second-order valence-electron chi connectivity index (χ2n) is 8.93. The molecule has 0 atom stereocenters. The maximum atomic E-state index is 14.1. The van der Waals surface area contributed by atoms with Crippen molar-refractivity contribution in [3.05, 3.63) is 98.8 Å². The van der Waals surface area contributed by atoms with E-state index in [1.807, 2.05) is 37.3 Å². The van der Waals surface area contributed by atoms with E-state index in [1.54, 1.807) is 58.4 Å². The number of sulfonamides is 1. The smallest absolute Gasteiger partial charge is 0.252 e. The molecule has 0 unspecified atom stereocenters. The van der Waals surface area contributed by atoms with Crippen molar-refractivity contribution in [2.24, 2.45) is 0 Å². The Morgan fingerprint density at radius 2 is 1.42 bits per heavy atom. The molecular weight excluding hydrogens is 476 g/mol. The minimum atomic E-state index is -3.95. The summed E-state index contributed by atoms with van der Waals surface area (Å²) in [5.41, 5.74) is 3.77. The number of hydrogen-bond donors (Lipinski definition) is 1. The van der Waals surface area contributed by atoms with Crippen LogP contribution in [-0.4, -0.2) is 31.9 Å². The van der Waals surface area contributed by atoms with E-state index >= 15 is 0 Å². The molecule has 0 amide bonds. The van der Waals surface area contributed by atoms with Crippen molar-refractivity contribution >= 4 is 20.9 Å². The number of fused-ring (bicyclic) bond motifs is 1. The number of rotatable bonds is 8. The van der Waals surface area contributed by atoms with Crippen molar-refractivity contribution in [1.82, 2.24) is 9.29 Å². The Hall–Kier alpha value is -3.62. The van der Waals surface area contributed by atoms with Crippen LogP contribution < -0.4 is 15.0 Å². The van der Waals surface area contributed by atoms with Crippen molar-refractivity contribution in [3.63, 3.8) is 0 Å². The van der Waals surface area contributed by atoms with Crippen LogP contribution in [0, 0.1) is 20.8 Å². The van der Waals surface area contributed by atoms with Crippen LogP contribution in [0.4, 0.5) is 0 Å². The van der Waals surface area contributed by atoms with E-state index < -0.39 is 10.0 Å². The van der Waals surface area contributed by atoms with Gasteiger partial charge in [-0.05, 0) is 73.9 Å². The van der Waals surface area contributed by atoms with E-state index in [-0.39, 0.29) is 23.5 Å². The maximum Gasteiger partial charge on any atom is 0.252 e. The zero-order chi connectivity index (χ0) is 26.0. The lowest BCUT2D eigenvalue weighted by atomic mass is 10.1. The monoisotopic (exact) mass is 506 g/mol. The zero-order valence-electron chi connectivity index (χ0n) is 21.1. The normalized spacial score (nSPS) is 11.7. The summed E-state index contributed by atoms with van der Waals surface area (Å²) in [5, 5.41) is 0.758. The molecule has 0 saturated heterocycles. The van der Waals surface area contributed by atoms with Crippen LogP contribution in [0.25, 0.3) is 10.9 Å². The molecule has 0 fully saturated rings. The van der Waals surface area contributed by atoms with Crippen molar-refractivity contribution in [1.29, 1.82) is 0 Å². The predicted octanol–water partition coefficient (Wildman–Crippen LogP) is 4.86. The second-order valence-corrected chi connectivity index (χ2v) is 10.8. The molecule has 0 aliphatic carbocycles. The van der Waals surface area contributed by atoms with Gasteiger partial charge in [-0.25, -0.2) is 8.42 Å². The molecule has 8 heteroatoms. The highest BCUT2D eigenvalue weighted by Gasteiger charge is 2.29. The van der Waals surface area contributed by atoms with Gasteiger partial charge in [0.2, 0.25) is 10.0 Å². The van der Waals surface area contributed by atoms with Crippen LogP contribution in [0.2, 0.25) is 0 Å². The highest BCUT2D eigenvalue weighted by atomic mass is 32.2. The number of aromatic amines is 1. The van der Waals surface area contributed by atoms with E-state index in [0.29, 0.717) is 33.7 Å². The predicted molar refractivity (Wildman–Crippen MR) is 141 cm³/mol. The molecule has 0 spiro atoms. The fourth-order valence-electron chi connectivity index (χ4n) is 4.53. The zero-order valence-corrected chi connectivity index (χ0v) is 21.9. The third kappa shape index (κ3) is 5.15. The molecule has 188 valence electrons. The first kappa shape index (κ1) is 25.5. The molecule has 4 rings (SSSR count). The van der Waals surface area contributed by atoms with Gasteiger partial charge in [-0.1, -0.05) is 29.8 Å². The Balaban J connectivity index is 1.82. The summed E-state index contributed by atoms with van der Waals surface area (Å²) in [5.74, 6) is 1.33. The van der Waals surface area contributed by atoms with Gasteiger partial charge < -0.3 is 14.5 Å². The Morgan fingerprint density at radius 1 is 0.806 bits per heavy atom. The fraction of sp³-hybridized carbons (Fsp3) is 0.250. The quantitative estimate of drug-likeness (QED) is 0.369. The van der Waals surface area contributed by atoms with Crippen LogP contribution in [0.5, 0.6) is 11.5 Å². The van der Waals surface area contributed by atoms with Gasteiger partial charge in [0.05, 0.1) is 19.1 Å². The number of hydrogen-bond acceptors (Lipinski definition) is 5. The van der Waals surface area contributed by atoms with Gasteiger partial charge in [0.15, 0.2) is 0 Å². The van der Waals surface area contributed by atoms with E-state index in [9.17, 15) is 13.2 Å². The molecule has 0 aliphatic heterocycles. The number of H-pyrrole nitrogens is 1. The summed E-state index contributed by atoms with van der Waals surface area (Å²) < 4.78 is 40.0. The topological polar surface area (TPSA) is 88.7 Å². The summed E-state index contributed by atoms with van der Waals surface area (Å²) in [6.07, 6.45) is 0. The van der Waals surface area contributed by atoms with Crippen molar-refractivity contribution in [2.45, 2.75) is 38.8 Å². The molecule has 7 nitrogen and oxygen atoms in total. The van der Waals surface area contributed by atoms with Crippen LogP contribution >= 0.6 is 0 Å². The third-order valence-corrected chi connectivity index (χ3v) is 8.29. The first-order valence-corrected chi connectivity index (χ1v) is 13.0. The largest absolute Gasteiger partial charge is 0.497 e. The number of aryl methyl sites for hydroxylation is 3. The summed E-state index contributed by atoms with van der Waals surface area (Å²) in [6, 6.07) is 18.0. The van der Waals surface area contributed by atoms with Gasteiger partial charge in [0.25, 0.3) is 5.56 Å². The number of pyridine rings is 1. The number of aromatic nitrogens is 1. The minimum absolute atomic E-state index is 0.0919. The van der Waals surface area contributed by atoms with Crippen LogP contribution in [-0.2, 0) is 23.1 Å². The second kappa shape index (κ2) is 10.2. The Labute approximate surface area is 211 Å². The SMILES string of the molecule is COc1ccc(CN(Cc2cc3cc(OC)ccc3[nH]c2=O)S(=O)(=O)c2c(C)cc(C)cc2C)cc1. The molecule has 36 heavy (non-hydrogen) atoms. The highest BCUT2D eigenvalue weighted by molar-refractivity contribution is 7.89. The molecule has 3 aromatic carbocycles. The van der Waals surface area contributed by atoms with Gasteiger partial charge in [0, 0.05) is 29.6 Å². The van der Waals surface area contributed by atoms with Crippen LogP contribution in [0.15, 0.2) is 70.4 Å². The number of nitrogens with one attached hydrogen (secondary N) is 1. The van der Waals surface area contributed by atoms with Gasteiger partial charge >= 0.3 is 0 Å². The molecule has 0 aliphatic rings. The minimum Gasteiger partial charge on any atom is -0.497 e. The Morgan fingerprint density at radius 3 is 2.03 bits per heavy atom. The lowest BCUT2D eigenvalue weighted by Crippen LogP contribution is -2.33. The summed E-state index contributed by atoms with van der Waals surface area (Å²) >= 11 is 0. The average molecular weight is 507 g/mol. The summed E-state index contributed by atoms with van der Waals surface area (Å²) in [4.78, 5) is 16.1. The van der Waals surface area contributed by atoms with Crippen molar-refractivity contribution in [2.75, 3.05) is 14.2 Å². The van der Waals surface area contributed by atoms with Crippen molar-refractivity contribution < 1.29 is 17.9 Å². The van der Waals surface area contributed by atoms with Gasteiger partial charge in [-0.15, -0.1) is 0 Å². The maximum absolute atomic E-state index is 14.1. The summed E-state index contributed by atoms with van der Waals surface area (Å²) in [6.45, 7) is 5.54. The Kier molecular flexibility index (Phi) is 7.19. The molecule has 0 bridgehead atoms. The lowest BCUT2D eigenvalue weighted by molar-refractivity contribution is 0.397. The number of ether oxygens (including phenoxy) is 2. The van der Waals surface area contributed by atoms with Gasteiger partial charge in [0.1, 0.15) is 11.5 Å². The van der Waals surface area contributed by atoms with Gasteiger partial charge in [-0.2, -0.15) is 4.31 Å². The number of benzene rings is 3.